The zero-order chi connectivity index (χ0) is 11.5. The Kier molecular flexibility index (Phi) is 3.12. The molecule has 0 saturated heterocycles. The highest BCUT2D eigenvalue weighted by Gasteiger charge is 2.12. The molecule has 0 radical (unpaired) electrons. The number of fused-ring (bicyclic) bond motifs is 1. The molecule has 2 nitrogen and oxygen atoms in total. The standard InChI is InChI=1S/C13H9BrO2/c1-2-3-7-11(15)12-8-9-5-4-6-10(14)13(9)16-12/h4-6,8H,7H2,1H3. The summed E-state index contributed by atoms with van der Waals surface area (Å²) in [6.07, 6.45) is 0.202. The molecular formula is C13H9BrO2. The third kappa shape index (κ3) is 2.02. The summed E-state index contributed by atoms with van der Waals surface area (Å²) in [7, 11) is 0. The fourth-order valence-corrected chi connectivity index (χ4v) is 1.88. The van der Waals surface area contributed by atoms with Crippen LogP contribution in [-0.4, -0.2) is 5.78 Å². The van der Waals surface area contributed by atoms with Crippen LogP contribution in [0.4, 0.5) is 0 Å². The van der Waals surface area contributed by atoms with Gasteiger partial charge in [-0.25, -0.2) is 0 Å². The summed E-state index contributed by atoms with van der Waals surface area (Å²) in [6.45, 7) is 1.71. The zero-order valence-corrected chi connectivity index (χ0v) is 10.3. The monoisotopic (exact) mass is 276 g/mol. The van der Waals surface area contributed by atoms with Crippen molar-refractivity contribution in [3.05, 3.63) is 34.5 Å². The number of hydrogen-bond donors (Lipinski definition) is 0. The number of para-hydroxylation sites is 1. The van der Waals surface area contributed by atoms with Gasteiger partial charge in [-0.15, -0.1) is 5.92 Å². The Hall–Kier alpha value is -1.53. The summed E-state index contributed by atoms with van der Waals surface area (Å²) in [4.78, 5) is 11.7. The summed E-state index contributed by atoms with van der Waals surface area (Å²) in [5.74, 6) is 5.71. The summed E-state index contributed by atoms with van der Waals surface area (Å²) in [5.41, 5.74) is 0.704. The normalized spacial score (nSPS) is 9.88. The van der Waals surface area contributed by atoms with E-state index in [1.807, 2.05) is 18.2 Å². The number of rotatable bonds is 2. The van der Waals surface area contributed by atoms with Gasteiger partial charge < -0.3 is 4.42 Å². The molecule has 80 valence electrons. The van der Waals surface area contributed by atoms with E-state index >= 15 is 0 Å². The van der Waals surface area contributed by atoms with E-state index in [0.717, 1.165) is 9.86 Å². The highest BCUT2D eigenvalue weighted by Crippen LogP contribution is 2.27. The van der Waals surface area contributed by atoms with Crippen LogP contribution < -0.4 is 0 Å². The molecule has 0 unspecified atom stereocenters. The number of halogens is 1. The summed E-state index contributed by atoms with van der Waals surface area (Å²) < 4.78 is 6.35. The fourth-order valence-electron chi connectivity index (χ4n) is 1.42. The van der Waals surface area contributed by atoms with Gasteiger partial charge in [-0.05, 0) is 35.0 Å². The predicted octanol–water partition coefficient (Wildman–Crippen LogP) is 3.79. The smallest absolute Gasteiger partial charge is 0.209 e. The first-order valence-corrected chi connectivity index (χ1v) is 5.62. The van der Waals surface area contributed by atoms with Crippen LogP contribution in [0, 0.1) is 11.8 Å². The SMILES string of the molecule is CC#CCC(=O)c1cc2cccc(Br)c2o1. The van der Waals surface area contributed by atoms with E-state index in [1.165, 1.54) is 0 Å². The van der Waals surface area contributed by atoms with Gasteiger partial charge in [0.05, 0.1) is 10.9 Å². The topological polar surface area (TPSA) is 30.2 Å². The van der Waals surface area contributed by atoms with Crippen LogP contribution >= 0.6 is 15.9 Å². The minimum atomic E-state index is -0.0857. The van der Waals surface area contributed by atoms with Crippen molar-refractivity contribution in [1.29, 1.82) is 0 Å². The lowest BCUT2D eigenvalue weighted by Crippen LogP contribution is -1.93. The number of benzene rings is 1. The molecule has 0 aliphatic carbocycles. The third-order valence-corrected chi connectivity index (χ3v) is 2.82. The van der Waals surface area contributed by atoms with Crippen LogP contribution in [0.3, 0.4) is 0 Å². The maximum atomic E-state index is 11.7. The Morgan fingerprint density at radius 2 is 2.31 bits per heavy atom. The van der Waals surface area contributed by atoms with E-state index in [9.17, 15) is 4.79 Å². The Balaban J connectivity index is 2.42. The molecule has 0 spiro atoms. The van der Waals surface area contributed by atoms with Crippen molar-refractivity contribution >= 4 is 32.7 Å². The van der Waals surface area contributed by atoms with Gasteiger partial charge in [0, 0.05) is 5.39 Å². The summed E-state index contributed by atoms with van der Waals surface area (Å²) in [6, 6.07) is 7.44. The van der Waals surface area contributed by atoms with Crippen molar-refractivity contribution < 1.29 is 9.21 Å². The fraction of sp³-hybridized carbons (Fsp3) is 0.154. The molecule has 1 aromatic heterocycles. The van der Waals surface area contributed by atoms with Crippen molar-refractivity contribution in [2.45, 2.75) is 13.3 Å². The lowest BCUT2D eigenvalue weighted by molar-refractivity contribution is 0.0974. The van der Waals surface area contributed by atoms with Gasteiger partial charge in [-0.2, -0.15) is 0 Å². The lowest BCUT2D eigenvalue weighted by Gasteiger charge is -1.90. The number of ketones is 1. The molecule has 1 aromatic carbocycles. The van der Waals surface area contributed by atoms with E-state index in [4.69, 9.17) is 4.42 Å². The molecule has 0 aliphatic heterocycles. The summed E-state index contributed by atoms with van der Waals surface area (Å²) in [5, 5.41) is 0.919. The van der Waals surface area contributed by atoms with Crippen LogP contribution in [0.1, 0.15) is 23.9 Å². The van der Waals surface area contributed by atoms with Crippen molar-refractivity contribution in [2.24, 2.45) is 0 Å². The van der Waals surface area contributed by atoms with Crippen molar-refractivity contribution in [3.8, 4) is 11.8 Å². The lowest BCUT2D eigenvalue weighted by atomic mass is 10.2. The van der Waals surface area contributed by atoms with E-state index < -0.39 is 0 Å². The van der Waals surface area contributed by atoms with Crippen LogP contribution in [-0.2, 0) is 0 Å². The van der Waals surface area contributed by atoms with Gasteiger partial charge in [0.15, 0.2) is 5.76 Å². The average Bonchev–Trinajstić information content (AvgIpc) is 2.71. The molecular weight excluding hydrogens is 268 g/mol. The first-order valence-electron chi connectivity index (χ1n) is 4.83. The van der Waals surface area contributed by atoms with Gasteiger partial charge in [-0.3, -0.25) is 4.79 Å². The molecule has 0 amide bonds. The molecule has 0 N–H and O–H groups in total. The Morgan fingerprint density at radius 3 is 3.00 bits per heavy atom. The highest BCUT2D eigenvalue weighted by atomic mass is 79.9. The van der Waals surface area contributed by atoms with Gasteiger partial charge in [0.25, 0.3) is 0 Å². The largest absolute Gasteiger partial charge is 0.452 e. The van der Waals surface area contributed by atoms with Gasteiger partial charge in [0.1, 0.15) is 5.58 Å². The Labute approximate surface area is 102 Å². The minimum absolute atomic E-state index is 0.0857. The number of Topliss-reactive ketones (excluding diaryl/α,β-unsaturated/α-hetero) is 1. The third-order valence-electron chi connectivity index (χ3n) is 2.20. The van der Waals surface area contributed by atoms with Crippen molar-refractivity contribution in [2.75, 3.05) is 0 Å². The summed E-state index contributed by atoms with van der Waals surface area (Å²) >= 11 is 3.38. The average molecular weight is 277 g/mol. The van der Waals surface area contributed by atoms with Gasteiger partial charge in [-0.1, -0.05) is 18.1 Å². The molecule has 0 aliphatic rings. The molecule has 0 atom stereocenters. The zero-order valence-electron chi connectivity index (χ0n) is 8.71. The van der Waals surface area contributed by atoms with E-state index in [2.05, 4.69) is 27.8 Å². The highest BCUT2D eigenvalue weighted by molar-refractivity contribution is 9.10. The van der Waals surface area contributed by atoms with E-state index in [-0.39, 0.29) is 12.2 Å². The van der Waals surface area contributed by atoms with Crippen LogP contribution in [0.15, 0.2) is 33.2 Å². The molecule has 0 bridgehead atoms. The number of furan rings is 1. The van der Waals surface area contributed by atoms with E-state index in [1.54, 1.807) is 13.0 Å². The van der Waals surface area contributed by atoms with E-state index in [0.29, 0.717) is 11.3 Å². The molecule has 2 rings (SSSR count). The van der Waals surface area contributed by atoms with Crippen LogP contribution in [0.5, 0.6) is 0 Å². The van der Waals surface area contributed by atoms with Gasteiger partial charge in [0.2, 0.25) is 5.78 Å². The number of hydrogen-bond acceptors (Lipinski definition) is 2. The molecule has 2 aromatic rings. The Morgan fingerprint density at radius 1 is 1.50 bits per heavy atom. The second-order valence-corrected chi connectivity index (χ2v) is 4.15. The molecule has 1 heterocycles. The Bertz CT molecular complexity index is 599. The molecule has 3 heteroatoms. The second-order valence-electron chi connectivity index (χ2n) is 3.30. The number of carbonyl (C=O) groups is 1. The maximum Gasteiger partial charge on any atom is 0.209 e. The number of carbonyl (C=O) groups excluding carboxylic acids is 1. The van der Waals surface area contributed by atoms with Gasteiger partial charge >= 0.3 is 0 Å². The first kappa shape index (κ1) is 11.0. The van der Waals surface area contributed by atoms with Crippen LogP contribution in [0.2, 0.25) is 0 Å². The van der Waals surface area contributed by atoms with Crippen LogP contribution in [0.25, 0.3) is 11.0 Å². The molecule has 16 heavy (non-hydrogen) atoms. The van der Waals surface area contributed by atoms with Crippen molar-refractivity contribution in [1.82, 2.24) is 0 Å². The predicted molar refractivity (Wildman–Crippen MR) is 66.3 cm³/mol. The second kappa shape index (κ2) is 4.54. The molecule has 0 saturated carbocycles. The minimum Gasteiger partial charge on any atom is -0.452 e. The first-order chi connectivity index (χ1) is 7.72. The quantitative estimate of drug-likeness (QED) is 0.617. The van der Waals surface area contributed by atoms with Crippen molar-refractivity contribution in [3.63, 3.8) is 0 Å². The molecule has 0 fully saturated rings. The maximum absolute atomic E-state index is 11.7.